The van der Waals surface area contributed by atoms with Gasteiger partial charge in [0.25, 0.3) is 0 Å². The predicted octanol–water partition coefficient (Wildman–Crippen LogP) is 7.42. The number of carbonyl (C=O) groups is 3. The number of rotatable bonds is 12. The number of ether oxygens (including phenoxy) is 2. The number of alkyl carbamates (subject to hydrolysis) is 1. The Kier molecular flexibility index (Phi) is 14.0. The number of para-hydroxylation sites is 1. The van der Waals surface area contributed by atoms with E-state index in [1.807, 2.05) is 74.8 Å². The van der Waals surface area contributed by atoms with Gasteiger partial charge in [-0.05, 0) is 80.2 Å². The molecule has 288 valence electrons. The van der Waals surface area contributed by atoms with Gasteiger partial charge in [-0.3, -0.25) is 10.6 Å². The summed E-state index contributed by atoms with van der Waals surface area (Å²) in [6.07, 6.45) is 16.5. The highest BCUT2D eigenvalue weighted by Crippen LogP contribution is 2.30. The minimum Gasteiger partial charge on any atom is -0.446 e. The second-order valence-electron chi connectivity index (χ2n) is 14.7. The summed E-state index contributed by atoms with van der Waals surface area (Å²) in [6, 6.07) is 17.7. The number of likely N-dealkylation sites (N-methyl/N-ethyl adjacent to an activating group) is 2. The summed E-state index contributed by atoms with van der Waals surface area (Å²) in [6.45, 7) is 6.07. The molecule has 0 spiro atoms. The number of benzene rings is 2. The van der Waals surface area contributed by atoms with E-state index in [0.717, 1.165) is 113 Å². The fourth-order valence-corrected chi connectivity index (χ4v) is 7.58. The molecule has 0 aromatic heterocycles. The van der Waals surface area contributed by atoms with Gasteiger partial charge >= 0.3 is 18.2 Å². The predicted molar refractivity (Wildman–Crippen MR) is 213 cm³/mol. The van der Waals surface area contributed by atoms with Gasteiger partial charge in [0.2, 0.25) is 0 Å². The van der Waals surface area contributed by atoms with Crippen molar-refractivity contribution in [2.24, 2.45) is 0 Å². The maximum Gasteiger partial charge on any atom is 0.411 e. The summed E-state index contributed by atoms with van der Waals surface area (Å²) in [7, 11) is 3.71. The molecule has 0 radical (unpaired) electrons. The topological polar surface area (TPSA) is 107 Å². The van der Waals surface area contributed by atoms with Crippen LogP contribution < -0.4 is 10.6 Å². The lowest BCUT2D eigenvalue weighted by atomic mass is 9.90. The summed E-state index contributed by atoms with van der Waals surface area (Å²) < 4.78 is 11.6. The molecule has 2 aliphatic heterocycles. The maximum absolute atomic E-state index is 13.2. The van der Waals surface area contributed by atoms with Gasteiger partial charge in [-0.25, -0.2) is 14.4 Å². The molecule has 0 atom stereocenters. The van der Waals surface area contributed by atoms with Crippen LogP contribution in [0.15, 0.2) is 102 Å². The van der Waals surface area contributed by atoms with Gasteiger partial charge in [-0.2, -0.15) is 0 Å². The molecule has 0 bridgehead atoms. The SMILES string of the molecule is CN(CCN1CCC(OC(=O)NC2=C(C3=CC=CCC3)CCC=C2)CC1)C(=O)N(C)CCN1CCC(OC(=O)Nc2ccccc2-c2ccccc2)CC1. The summed E-state index contributed by atoms with van der Waals surface area (Å²) in [5.41, 5.74) is 6.09. The number of hydrogen-bond donors (Lipinski definition) is 2. The van der Waals surface area contributed by atoms with Crippen LogP contribution in [0.2, 0.25) is 0 Å². The van der Waals surface area contributed by atoms with E-state index < -0.39 is 6.09 Å². The Morgan fingerprint density at radius 3 is 1.91 bits per heavy atom. The fraction of sp³-hybridized carbons (Fsp3) is 0.465. The third kappa shape index (κ3) is 11.1. The number of nitrogens with zero attached hydrogens (tertiary/aromatic N) is 4. The molecule has 2 heterocycles. The molecule has 0 unspecified atom stereocenters. The van der Waals surface area contributed by atoms with Gasteiger partial charge in [-0.1, -0.05) is 72.8 Å². The molecule has 0 saturated carbocycles. The Morgan fingerprint density at radius 1 is 0.722 bits per heavy atom. The quantitative estimate of drug-likeness (QED) is 0.234. The first-order valence-electron chi connectivity index (χ1n) is 19.6. The number of hydrogen-bond acceptors (Lipinski definition) is 7. The van der Waals surface area contributed by atoms with Crippen molar-refractivity contribution in [2.45, 2.75) is 63.6 Å². The molecule has 4 aliphatic rings. The van der Waals surface area contributed by atoms with E-state index in [1.54, 1.807) is 9.80 Å². The Hall–Kier alpha value is -4.87. The van der Waals surface area contributed by atoms with E-state index >= 15 is 0 Å². The van der Waals surface area contributed by atoms with Crippen molar-refractivity contribution in [3.63, 3.8) is 0 Å². The largest absolute Gasteiger partial charge is 0.446 e. The van der Waals surface area contributed by atoms with Crippen LogP contribution in [0.4, 0.5) is 20.1 Å². The molecular formula is C43H56N6O5. The van der Waals surface area contributed by atoms with Gasteiger partial charge in [0.05, 0.1) is 5.69 Å². The third-order valence-electron chi connectivity index (χ3n) is 10.8. The maximum atomic E-state index is 13.2. The number of allylic oxidation sites excluding steroid dienone is 7. The van der Waals surface area contributed by atoms with Crippen molar-refractivity contribution in [1.29, 1.82) is 0 Å². The molecule has 2 fully saturated rings. The van der Waals surface area contributed by atoms with Crippen LogP contribution in [0.3, 0.4) is 0 Å². The van der Waals surface area contributed by atoms with Crippen LogP contribution in [0, 0.1) is 0 Å². The van der Waals surface area contributed by atoms with Crippen molar-refractivity contribution in [3.8, 4) is 11.1 Å². The number of piperidine rings is 2. The molecule has 2 aromatic rings. The molecule has 2 aliphatic carbocycles. The lowest BCUT2D eigenvalue weighted by molar-refractivity contribution is 0.0501. The Labute approximate surface area is 320 Å². The van der Waals surface area contributed by atoms with E-state index in [2.05, 4.69) is 44.7 Å². The molecule has 6 rings (SSSR count). The normalized spacial score (nSPS) is 18.5. The summed E-state index contributed by atoms with van der Waals surface area (Å²) >= 11 is 0. The minimum atomic E-state index is -0.435. The van der Waals surface area contributed by atoms with Gasteiger partial charge in [0.1, 0.15) is 12.2 Å². The Bertz CT molecular complexity index is 1710. The van der Waals surface area contributed by atoms with E-state index in [1.165, 1.54) is 11.1 Å². The zero-order chi connectivity index (χ0) is 37.7. The molecule has 11 nitrogen and oxygen atoms in total. The highest BCUT2D eigenvalue weighted by molar-refractivity contribution is 5.91. The lowest BCUT2D eigenvalue weighted by Gasteiger charge is -2.34. The zero-order valence-electron chi connectivity index (χ0n) is 31.9. The van der Waals surface area contributed by atoms with Gasteiger partial charge in [0.15, 0.2) is 0 Å². The number of anilines is 1. The number of carbonyl (C=O) groups excluding carboxylic acids is 3. The fourth-order valence-electron chi connectivity index (χ4n) is 7.58. The van der Waals surface area contributed by atoms with Crippen molar-refractivity contribution in [1.82, 2.24) is 24.9 Å². The van der Waals surface area contributed by atoms with E-state index in [4.69, 9.17) is 9.47 Å². The van der Waals surface area contributed by atoms with E-state index in [-0.39, 0.29) is 24.3 Å². The third-order valence-corrected chi connectivity index (χ3v) is 10.8. The van der Waals surface area contributed by atoms with Crippen molar-refractivity contribution < 1.29 is 23.9 Å². The van der Waals surface area contributed by atoms with Gasteiger partial charge in [-0.15, -0.1) is 0 Å². The summed E-state index contributed by atoms with van der Waals surface area (Å²) in [4.78, 5) is 47.0. The van der Waals surface area contributed by atoms with Gasteiger partial charge < -0.3 is 29.1 Å². The standard InChI is InChI=1S/C43H56N6O5/c1-46(29-31-48-25-21-35(22-26-48)53-41(50)44-39-19-11-9-17-37(39)33-13-5-3-6-14-33)43(52)47(2)30-32-49-27-23-36(24-28-49)54-42(51)45-40-20-12-10-18-38(40)34-15-7-4-8-16-34/h3-7,9,11-15,17,19-20,35-36H,8,10,16,18,21-32H2,1-2H3,(H,44,50)(H,45,51). The van der Waals surface area contributed by atoms with Crippen molar-refractivity contribution >= 4 is 23.9 Å². The Balaban J connectivity index is 0.839. The van der Waals surface area contributed by atoms with Crippen LogP contribution in [0.25, 0.3) is 11.1 Å². The smallest absolute Gasteiger partial charge is 0.411 e. The first-order chi connectivity index (χ1) is 26.3. The van der Waals surface area contributed by atoms with Crippen molar-refractivity contribution in [2.75, 3.05) is 71.8 Å². The number of urea groups is 1. The molecular weight excluding hydrogens is 681 g/mol. The van der Waals surface area contributed by atoms with Crippen LogP contribution in [-0.2, 0) is 9.47 Å². The Morgan fingerprint density at radius 2 is 1.30 bits per heavy atom. The highest BCUT2D eigenvalue weighted by Gasteiger charge is 2.26. The molecule has 2 saturated heterocycles. The first-order valence-corrected chi connectivity index (χ1v) is 19.6. The summed E-state index contributed by atoms with van der Waals surface area (Å²) in [5.74, 6) is 0. The highest BCUT2D eigenvalue weighted by atomic mass is 16.6. The van der Waals surface area contributed by atoms with E-state index in [9.17, 15) is 14.4 Å². The van der Waals surface area contributed by atoms with Crippen LogP contribution in [0.5, 0.6) is 0 Å². The van der Waals surface area contributed by atoms with Crippen molar-refractivity contribution in [3.05, 3.63) is 102 Å². The first kappa shape index (κ1) is 38.8. The minimum absolute atomic E-state index is 0.000938. The van der Waals surface area contributed by atoms with Crippen LogP contribution in [0.1, 0.15) is 51.4 Å². The molecule has 11 heteroatoms. The molecule has 2 N–H and O–H groups in total. The van der Waals surface area contributed by atoms with Crippen LogP contribution >= 0.6 is 0 Å². The molecule has 54 heavy (non-hydrogen) atoms. The van der Waals surface area contributed by atoms with Crippen LogP contribution in [-0.4, -0.2) is 116 Å². The molecule has 4 amide bonds. The monoisotopic (exact) mass is 736 g/mol. The van der Waals surface area contributed by atoms with Gasteiger partial charge in [0, 0.05) is 77.7 Å². The zero-order valence-corrected chi connectivity index (χ0v) is 31.9. The summed E-state index contributed by atoms with van der Waals surface area (Å²) in [5, 5.41) is 5.96. The second kappa shape index (κ2) is 19.5. The number of nitrogens with one attached hydrogen (secondary N) is 2. The van der Waals surface area contributed by atoms with E-state index in [0.29, 0.717) is 13.1 Å². The number of likely N-dealkylation sites (tertiary alicyclic amines) is 2. The second-order valence-corrected chi connectivity index (χ2v) is 14.7. The average molecular weight is 737 g/mol. The number of amides is 4. The lowest BCUT2D eigenvalue weighted by Crippen LogP contribution is -2.47. The molecule has 2 aromatic carbocycles. The average Bonchev–Trinajstić information content (AvgIpc) is 3.21.